The number of nitrogens with one attached hydrogen (secondary N) is 1. The van der Waals surface area contributed by atoms with Crippen molar-refractivity contribution in [3.63, 3.8) is 0 Å². The molecule has 0 spiro atoms. The zero-order valence-electron chi connectivity index (χ0n) is 16.9. The molecule has 2 saturated carbocycles. The Morgan fingerprint density at radius 3 is 2.59 bits per heavy atom. The van der Waals surface area contributed by atoms with Crippen LogP contribution in [-0.2, 0) is 10.2 Å². The standard InChI is InChI=1S/C22H27ClN4O2/c1-14(2)27(13-15-4-5-15)20-18(26-19-7-6-17(23)12-24-19)10-16(11-25-20)22(21(28)29)8-3-9-22/h6-7,10-12,14-15H,3-5,8-9,13H2,1-2H3,(H,24,26)(H,28,29). The van der Waals surface area contributed by atoms with E-state index in [9.17, 15) is 9.90 Å². The third kappa shape index (κ3) is 4.04. The summed E-state index contributed by atoms with van der Waals surface area (Å²) in [7, 11) is 0. The lowest BCUT2D eigenvalue weighted by molar-refractivity contribution is -0.147. The highest BCUT2D eigenvalue weighted by Crippen LogP contribution is 2.46. The molecule has 154 valence electrons. The number of carbonyl (C=O) groups is 1. The van der Waals surface area contributed by atoms with Gasteiger partial charge in [0.05, 0.1) is 16.1 Å². The first-order valence-electron chi connectivity index (χ1n) is 10.3. The fourth-order valence-electron chi connectivity index (χ4n) is 3.90. The van der Waals surface area contributed by atoms with Crippen molar-refractivity contribution in [2.75, 3.05) is 16.8 Å². The molecule has 0 atom stereocenters. The first-order chi connectivity index (χ1) is 13.9. The number of halogens is 1. The van der Waals surface area contributed by atoms with Crippen LogP contribution < -0.4 is 10.2 Å². The van der Waals surface area contributed by atoms with Crippen LogP contribution in [0.5, 0.6) is 0 Å². The van der Waals surface area contributed by atoms with Crippen LogP contribution in [0.1, 0.15) is 51.5 Å². The number of carboxylic acid groups (broad SMARTS) is 1. The fraction of sp³-hybridized carbons (Fsp3) is 0.500. The van der Waals surface area contributed by atoms with E-state index in [1.807, 2.05) is 12.1 Å². The van der Waals surface area contributed by atoms with Crippen molar-refractivity contribution in [3.05, 3.63) is 41.2 Å². The van der Waals surface area contributed by atoms with Gasteiger partial charge in [0.15, 0.2) is 5.82 Å². The molecule has 2 heterocycles. The number of pyridine rings is 2. The maximum absolute atomic E-state index is 12.0. The van der Waals surface area contributed by atoms with Crippen molar-refractivity contribution >= 4 is 34.9 Å². The fourth-order valence-corrected chi connectivity index (χ4v) is 4.02. The van der Waals surface area contributed by atoms with Crippen LogP contribution in [0.25, 0.3) is 0 Å². The van der Waals surface area contributed by atoms with E-state index < -0.39 is 11.4 Å². The number of hydrogen-bond donors (Lipinski definition) is 2. The number of nitrogens with zero attached hydrogens (tertiary/aromatic N) is 3. The quantitative estimate of drug-likeness (QED) is 0.632. The highest BCUT2D eigenvalue weighted by molar-refractivity contribution is 6.30. The summed E-state index contributed by atoms with van der Waals surface area (Å²) in [5.74, 6) is 1.43. The predicted molar refractivity (Wildman–Crippen MR) is 115 cm³/mol. The Morgan fingerprint density at radius 2 is 2.07 bits per heavy atom. The van der Waals surface area contributed by atoms with Crippen molar-refractivity contribution in [1.29, 1.82) is 0 Å². The van der Waals surface area contributed by atoms with Crippen LogP contribution in [-0.4, -0.2) is 33.6 Å². The van der Waals surface area contributed by atoms with Crippen LogP contribution >= 0.6 is 11.6 Å². The van der Waals surface area contributed by atoms with Gasteiger partial charge >= 0.3 is 5.97 Å². The molecule has 29 heavy (non-hydrogen) atoms. The normalized spacial score (nSPS) is 17.7. The Hall–Kier alpha value is -2.34. The lowest BCUT2D eigenvalue weighted by atomic mass is 9.65. The highest BCUT2D eigenvalue weighted by atomic mass is 35.5. The summed E-state index contributed by atoms with van der Waals surface area (Å²) in [4.78, 5) is 23.4. The molecule has 0 bridgehead atoms. The molecule has 6 nitrogen and oxygen atoms in total. The largest absolute Gasteiger partial charge is 0.481 e. The average molecular weight is 415 g/mol. The van der Waals surface area contributed by atoms with Crippen LogP contribution in [0.4, 0.5) is 17.3 Å². The summed E-state index contributed by atoms with van der Waals surface area (Å²) < 4.78 is 0. The molecule has 7 heteroatoms. The molecule has 2 fully saturated rings. The topological polar surface area (TPSA) is 78.4 Å². The number of aromatic nitrogens is 2. The number of rotatable bonds is 8. The average Bonchev–Trinajstić information content (AvgIpc) is 3.45. The molecule has 0 aromatic carbocycles. The molecule has 0 aliphatic heterocycles. The third-order valence-electron chi connectivity index (χ3n) is 6.07. The molecule has 2 aromatic rings. The second-order valence-corrected chi connectivity index (χ2v) is 8.95. The minimum atomic E-state index is -0.825. The SMILES string of the molecule is CC(C)N(CC1CC1)c1ncc(C2(C(=O)O)CCC2)cc1Nc1ccc(Cl)cn1. The lowest BCUT2D eigenvalue weighted by Crippen LogP contribution is -2.42. The van der Waals surface area contributed by atoms with Gasteiger partial charge in [0, 0.05) is 25.0 Å². The van der Waals surface area contributed by atoms with Crippen LogP contribution in [0.3, 0.4) is 0 Å². The number of aliphatic carboxylic acids is 1. The van der Waals surface area contributed by atoms with Gasteiger partial charge in [0.1, 0.15) is 5.82 Å². The molecule has 4 rings (SSSR count). The van der Waals surface area contributed by atoms with Gasteiger partial charge in [-0.1, -0.05) is 18.0 Å². The van der Waals surface area contributed by atoms with E-state index in [1.54, 1.807) is 18.5 Å². The monoisotopic (exact) mass is 414 g/mol. The molecule has 0 radical (unpaired) electrons. The lowest BCUT2D eigenvalue weighted by Gasteiger charge is -2.38. The Bertz CT molecular complexity index is 892. The summed E-state index contributed by atoms with van der Waals surface area (Å²) in [6, 6.07) is 5.83. The summed E-state index contributed by atoms with van der Waals surface area (Å²) in [5.41, 5.74) is 0.722. The first kappa shape index (κ1) is 20.0. The van der Waals surface area contributed by atoms with Crippen molar-refractivity contribution in [2.45, 2.75) is 57.4 Å². The third-order valence-corrected chi connectivity index (χ3v) is 6.30. The van der Waals surface area contributed by atoms with Crippen LogP contribution in [0.15, 0.2) is 30.6 Å². The van der Waals surface area contributed by atoms with E-state index in [4.69, 9.17) is 16.6 Å². The zero-order valence-corrected chi connectivity index (χ0v) is 17.6. The minimum absolute atomic E-state index is 0.282. The summed E-state index contributed by atoms with van der Waals surface area (Å²) in [6.07, 6.45) is 8.09. The number of anilines is 3. The molecule has 2 aromatic heterocycles. The predicted octanol–water partition coefficient (Wildman–Crippen LogP) is 5.00. The van der Waals surface area contributed by atoms with Gasteiger partial charge in [0.2, 0.25) is 0 Å². The second-order valence-electron chi connectivity index (χ2n) is 8.51. The van der Waals surface area contributed by atoms with Gasteiger partial charge in [-0.15, -0.1) is 0 Å². The summed E-state index contributed by atoms with van der Waals surface area (Å²) >= 11 is 5.97. The van der Waals surface area contributed by atoms with E-state index in [0.29, 0.717) is 29.6 Å². The minimum Gasteiger partial charge on any atom is -0.481 e. The molecule has 2 aliphatic carbocycles. The maximum Gasteiger partial charge on any atom is 0.314 e. The van der Waals surface area contributed by atoms with E-state index >= 15 is 0 Å². The summed E-state index contributed by atoms with van der Waals surface area (Å²) in [6.45, 7) is 5.27. The molecular formula is C22H27ClN4O2. The molecule has 0 saturated heterocycles. The van der Waals surface area contributed by atoms with Crippen molar-refractivity contribution < 1.29 is 9.90 Å². The molecular weight excluding hydrogens is 388 g/mol. The Morgan fingerprint density at radius 1 is 1.31 bits per heavy atom. The van der Waals surface area contributed by atoms with Gasteiger partial charge < -0.3 is 15.3 Å². The van der Waals surface area contributed by atoms with Gasteiger partial charge in [0.25, 0.3) is 0 Å². The maximum atomic E-state index is 12.0. The zero-order chi connectivity index (χ0) is 20.6. The number of hydrogen-bond acceptors (Lipinski definition) is 5. The van der Waals surface area contributed by atoms with Crippen molar-refractivity contribution in [3.8, 4) is 0 Å². The van der Waals surface area contributed by atoms with E-state index in [-0.39, 0.29) is 6.04 Å². The molecule has 0 unspecified atom stereocenters. The van der Waals surface area contributed by atoms with Crippen molar-refractivity contribution in [2.24, 2.45) is 5.92 Å². The summed E-state index contributed by atoms with van der Waals surface area (Å²) in [5, 5.41) is 13.8. The van der Waals surface area contributed by atoms with Crippen LogP contribution in [0, 0.1) is 5.92 Å². The molecule has 2 aliphatic rings. The first-order valence-corrected chi connectivity index (χ1v) is 10.7. The molecule has 0 amide bonds. The molecule has 2 N–H and O–H groups in total. The Labute approximate surface area is 176 Å². The Balaban J connectivity index is 1.74. The van der Waals surface area contributed by atoms with Gasteiger partial charge in [-0.05, 0) is 69.2 Å². The van der Waals surface area contributed by atoms with Gasteiger partial charge in [-0.3, -0.25) is 4.79 Å². The van der Waals surface area contributed by atoms with Crippen LogP contribution in [0.2, 0.25) is 5.02 Å². The van der Waals surface area contributed by atoms with E-state index in [1.165, 1.54) is 12.8 Å². The highest BCUT2D eigenvalue weighted by Gasteiger charge is 2.46. The van der Waals surface area contributed by atoms with Gasteiger partial charge in [-0.25, -0.2) is 9.97 Å². The Kier molecular flexibility index (Phi) is 5.38. The second kappa shape index (κ2) is 7.82. The van der Waals surface area contributed by atoms with Gasteiger partial charge in [-0.2, -0.15) is 0 Å². The van der Waals surface area contributed by atoms with Crippen molar-refractivity contribution in [1.82, 2.24) is 9.97 Å². The van der Waals surface area contributed by atoms with E-state index in [2.05, 4.69) is 29.0 Å². The number of carboxylic acids is 1. The smallest absolute Gasteiger partial charge is 0.314 e. The van der Waals surface area contributed by atoms with E-state index in [0.717, 1.165) is 30.0 Å².